The van der Waals surface area contributed by atoms with Crippen molar-refractivity contribution in [2.24, 2.45) is 0 Å². The normalized spacial score (nSPS) is 22.7. The van der Waals surface area contributed by atoms with Gasteiger partial charge in [-0.25, -0.2) is 0 Å². The van der Waals surface area contributed by atoms with Crippen LogP contribution in [0.25, 0.3) is 5.76 Å². The molecule has 1 amide bonds. The number of Topliss-reactive ketones (excluding diaryl/α,β-unsaturated/α-hetero) is 1. The fourth-order valence-electron chi connectivity index (χ4n) is 3.86. The number of hydrogen-bond acceptors (Lipinski definition) is 5. The molecule has 2 aliphatic rings. The van der Waals surface area contributed by atoms with Gasteiger partial charge in [0.25, 0.3) is 11.7 Å². The Morgan fingerprint density at radius 2 is 1.78 bits per heavy atom. The van der Waals surface area contributed by atoms with Gasteiger partial charge in [0.1, 0.15) is 17.6 Å². The number of aliphatic hydroxyl groups excluding tert-OH is 1. The van der Waals surface area contributed by atoms with Crippen LogP contribution in [-0.2, 0) is 9.59 Å². The maximum atomic E-state index is 12.8. The largest absolute Gasteiger partial charge is 0.507 e. The predicted octanol–water partition coefficient (Wildman–Crippen LogP) is 2.80. The van der Waals surface area contributed by atoms with Crippen LogP contribution >= 0.6 is 0 Å². The highest BCUT2D eigenvalue weighted by Crippen LogP contribution is 2.39. The number of rotatable bonds is 5. The molecule has 2 aliphatic heterocycles. The minimum absolute atomic E-state index is 0.0857. The van der Waals surface area contributed by atoms with E-state index in [1.807, 2.05) is 6.07 Å². The molecule has 2 saturated heterocycles. The molecule has 0 aliphatic carbocycles. The molecule has 1 atom stereocenters. The van der Waals surface area contributed by atoms with Crippen molar-refractivity contribution in [1.29, 1.82) is 0 Å². The van der Waals surface area contributed by atoms with Crippen molar-refractivity contribution >= 4 is 17.4 Å². The van der Waals surface area contributed by atoms with Crippen molar-refractivity contribution in [3.63, 3.8) is 0 Å². The Kier molecular flexibility index (Phi) is 4.81. The molecular weight excluding hydrogens is 344 g/mol. The zero-order chi connectivity index (χ0) is 18.8. The summed E-state index contributed by atoms with van der Waals surface area (Å²) in [4.78, 5) is 29.3. The van der Waals surface area contributed by atoms with E-state index in [-0.39, 0.29) is 11.3 Å². The molecule has 140 valence electrons. The van der Waals surface area contributed by atoms with Crippen LogP contribution in [0.3, 0.4) is 0 Å². The van der Waals surface area contributed by atoms with E-state index < -0.39 is 17.7 Å². The number of carbonyl (C=O) groups excluding carboxylic acids is 2. The quantitative estimate of drug-likeness (QED) is 0.500. The van der Waals surface area contributed by atoms with E-state index in [4.69, 9.17) is 4.42 Å². The highest BCUT2D eigenvalue weighted by atomic mass is 16.3. The molecule has 0 saturated carbocycles. The van der Waals surface area contributed by atoms with E-state index in [1.54, 1.807) is 36.4 Å². The van der Waals surface area contributed by atoms with E-state index in [9.17, 15) is 14.7 Å². The van der Waals surface area contributed by atoms with Gasteiger partial charge in [-0.1, -0.05) is 30.3 Å². The molecule has 6 nitrogen and oxygen atoms in total. The lowest BCUT2D eigenvalue weighted by Gasteiger charge is -2.25. The molecule has 1 unspecified atom stereocenters. The Bertz CT molecular complexity index is 852. The third kappa shape index (κ3) is 3.28. The number of furan rings is 1. The van der Waals surface area contributed by atoms with Gasteiger partial charge in [-0.05, 0) is 38.1 Å². The van der Waals surface area contributed by atoms with Crippen LogP contribution in [0.2, 0.25) is 0 Å². The summed E-state index contributed by atoms with van der Waals surface area (Å²) in [6, 6.07) is 11.6. The number of amides is 1. The molecule has 0 bridgehead atoms. The van der Waals surface area contributed by atoms with Crippen LogP contribution in [0.1, 0.15) is 30.2 Å². The molecule has 27 heavy (non-hydrogen) atoms. The van der Waals surface area contributed by atoms with E-state index in [2.05, 4.69) is 4.90 Å². The first-order chi connectivity index (χ1) is 13.2. The molecule has 1 aromatic heterocycles. The van der Waals surface area contributed by atoms with Crippen molar-refractivity contribution in [3.8, 4) is 0 Å². The molecule has 2 aromatic rings. The number of hydrogen-bond donors (Lipinski definition) is 1. The van der Waals surface area contributed by atoms with Crippen LogP contribution < -0.4 is 0 Å². The van der Waals surface area contributed by atoms with Gasteiger partial charge in [0.05, 0.1) is 11.8 Å². The fraction of sp³-hybridized carbons (Fsp3) is 0.333. The van der Waals surface area contributed by atoms with Crippen LogP contribution in [0.15, 0.2) is 58.7 Å². The number of nitrogens with zero attached hydrogens (tertiary/aromatic N) is 2. The maximum Gasteiger partial charge on any atom is 0.295 e. The lowest BCUT2D eigenvalue weighted by Crippen LogP contribution is -2.37. The van der Waals surface area contributed by atoms with E-state index >= 15 is 0 Å². The molecule has 4 rings (SSSR count). The van der Waals surface area contributed by atoms with Crippen LogP contribution in [-0.4, -0.2) is 52.8 Å². The topological polar surface area (TPSA) is 74.0 Å². The second-order valence-electron chi connectivity index (χ2n) is 6.92. The molecule has 1 N–H and O–H groups in total. The zero-order valence-electron chi connectivity index (χ0n) is 15.0. The van der Waals surface area contributed by atoms with Gasteiger partial charge in [0.15, 0.2) is 0 Å². The summed E-state index contributed by atoms with van der Waals surface area (Å²) >= 11 is 0. The Morgan fingerprint density at radius 3 is 2.44 bits per heavy atom. The number of carbonyl (C=O) groups is 2. The summed E-state index contributed by atoms with van der Waals surface area (Å²) < 4.78 is 5.53. The Morgan fingerprint density at radius 1 is 1.04 bits per heavy atom. The van der Waals surface area contributed by atoms with Crippen molar-refractivity contribution in [3.05, 3.63) is 65.6 Å². The molecule has 1 aromatic carbocycles. The van der Waals surface area contributed by atoms with Gasteiger partial charge in [0, 0.05) is 18.7 Å². The average Bonchev–Trinajstić information content (AvgIpc) is 3.44. The lowest BCUT2D eigenvalue weighted by molar-refractivity contribution is -0.140. The molecule has 2 fully saturated rings. The first-order valence-electron chi connectivity index (χ1n) is 9.26. The fourth-order valence-corrected chi connectivity index (χ4v) is 3.86. The number of ketones is 1. The Hall–Kier alpha value is -2.86. The van der Waals surface area contributed by atoms with Crippen molar-refractivity contribution < 1.29 is 19.1 Å². The molecule has 6 heteroatoms. The maximum absolute atomic E-state index is 12.8. The van der Waals surface area contributed by atoms with Gasteiger partial charge in [-0.15, -0.1) is 0 Å². The minimum atomic E-state index is -0.706. The SMILES string of the molecule is O=C1C(=O)N(CCN2CCCC2)C(c2ccco2)/C1=C(\O)c1ccccc1. The summed E-state index contributed by atoms with van der Waals surface area (Å²) in [6.07, 6.45) is 3.83. The zero-order valence-corrected chi connectivity index (χ0v) is 15.0. The first kappa shape index (κ1) is 17.5. The molecule has 0 radical (unpaired) electrons. The van der Waals surface area contributed by atoms with E-state index in [1.165, 1.54) is 11.2 Å². The van der Waals surface area contributed by atoms with Gasteiger partial charge < -0.3 is 19.3 Å². The summed E-state index contributed by atoms with van der Waals surface area (Å²) in [7, 11) is 0. The predicted molar refractivity (Wildman–Crippen MR) is 99.8 cm³/mol. The summed E-state index contributed by atoms with van der Waals surface area (Å²) in [5, 5.41) is 10.8. The number of aliphatic hydroxyl groups is 1. The first-order valence-corrected chi connectivity index (χ1v) is 9.26. The summed E-state index contributed by atoms with van der Waals surface area (Å²) in [5.41, 5.74) is 0.592. The van der Waals surface area contributed by atoms with Crippen LogP contribution in [0.5, 0.6) is 0 Å². The third-order valence-corrected chi connectivity index (χ3v) is 5.26. The molecular formula is C21H22N2O4. The standard InChI is InChI=1S/C21H22N2O4/c24-19(15-7-2-1-3-8-15)17-18(16-9-6-14-27-16)23(21(26)20(17)25)13-12-22-10-4-5-11-22/h1-3,6-9,14,18,24H,4-5,10-13H2/b19-17+. The average molecular weight is 366 g/mol. The summed E-state index contributed by atoms with van der Waals surface area (Å²) in [6.45, 7) is 3.15. The second-order valence-corrected chi connectivity index (χ2v) is 6.92. The monoisotopic (exact) mass is 366 g/mol. The Balaban J connectivity index is 1.71. The van der Waals surface area contributed by atoms with Gasteiger partial charge in [-0.2, -0.15) is 0 Å². The van der Waals surface area contributed by atoms with Crippen molar-refractivity contribution in [2.75, 3.05) is 26.2 Å². The third-order valence-electron chi connectivity index (χ3n) is 5.26. The van der Waals surface area contributed by atoms with Gasteiger partial charge in [0.2, 0.25) is 0 Å². The Labute approximate surface area is 157 Å². The van der Waals surface area contributed by atoms with E-state index in [0.717, 1.165) is 25.9 Å². The molecule has 0 spiro atoms. The highest BCUT2D eigenvalue weighted by Gasteiger charge is 2.47. The lowest BCUT2D eigenvalue weighted by atomic mass is 9.99. The van der Waals surface area contributed by atoms with Gasteiger partial charge >= 0.3 is 0 Å². The number of benzene rings is 1. The minimum Gasteiger partial charge on any atom is -0.507 e. The highest BCUT2D eigenvalue weighted by molar-refractivity contribution is 6.46. The number of likely N-dealkylation sites (tertiary alicyclic amines) is 2. The van der Waals surface area contributed by atoms with Crippen LogP contribution in [0, 0.1) is 0 Å². The van der Waals surface area contributed by atoms with Gasteiger partial charge in [-0.3, -0.25) is 9.59 Å². The van der Waals surface area contributed by atoms with E-state index in [0.29, 0.717) is 24.4 Å². The smallest absolute Gasteiger partial charge is 0.295 e. The van der Waals surface area contributed by atoms with Crippen molar-refractivity contribution in [2.45, 2.75) is 18.9 Å². The second kappa shape index (κ2) is 7.40. The van der Waals surface area contributed by atoms with Crippen molar-refractivity contribution in [1.82, 2.24) is 9.80 Å². The summed E-state index contributed by atoms with van der Waals surface area (Å²) in [5.74, 6) is -0.945. The molecule has 3 heterocycles. The van der Waals surface area contributed by atoms with Crippen LogP contribution in [0.4, 0.5) is 0 Å².